The van der Waals surface area contributed by atoms with Crippen LogP contribution in [0.5, 0.6) is 5.75 Å². The number of benzene rings is 2. The molecule has 4 rings (SSSR count). The minimum Gasteiger partial charge on any atom is -0.496 e. The summed E-state index contributed by atoms with van der Waals surface area (Å²) in [6.07, 6.45) is -1.97. The summed E-state index contributed by atoms with van der Waals surface area (Å²) in [5, 5.41) is 5.21. The molecule has 2 heterocycles. The van der Waals surface area contributed by atoms with Crippen molar-refractivity contribution in [3.63, 3.8) is 0 Å². The molecule has 2 aromatic carbocycles. The number of nitrogens with zero attached hydrogens (tertiary/aromatic N) is 2. The molecule has 8 heteroatoms. The number of carbonyl (C=O) groups is 1. The number of hydrogen-bond donors (Lipinski definition) is 1. The number of rotatable bonds is 6. The maximum atomic E-state index is 12.7. The molecule has 1 fully saturated rings. The van der Waals surface area contributed by atoms with E-state index in [1.807, 2.05) is 41.3 Å². The van der Waals surface area contributed by atoms with Gasteiger partial charge in [0.2, 0.25) is 5.91 Å². The topological polar surface area (TPSA) is 54.5 Å². The third-order valence-corrected chi connectivity index (χ3v) is 5.77. The van der Waals surface area contributed by atoms with Crippen LogP contribution in [-0.2, 0) is 17.4 Å². The smallest absolute Gasteiger partial charge is 0.417 e. The van der Waals surface area contributed by atoms with Gasteiger partial charge in [0.15, 0.2) is 0 Å². The van der Waals surface area contributed by atoms with E-state index in [1.165, 1.54) is 6.07 Å². The van der Waals surface area contributed by atoms with Crippen LogP contribution < -0.4 is 15.0 Å². The first-order valence-corrected chi connectivity index (χ1v) is 10.5. The van der Waals surface area contributed by atoms with Gasteiger partial charge in [-0.25, -0.2) is 4.98 Å². The normalized spacial score (nSPS) is 16.4. The lowest BCUT2D eigenvalue weighted by Crippen LogP contribution is -2.37. The second-order valence-electron chi connectivity index (χ2n) is 7.87. The van der Waals surface area contributed by atoms with Crippen LogP contribution in [-0.4, -0.2) is 37.1 Å². The molecule has 1 aromatic heterocycles. The van der Waals surface area contributed by atoms with Crippen molar-refractivity contribution in [1.29, 1.82) is 0 Å². The third-order valence-electron chi connectivity index (χ3n) is 5.77. The maximum Gasteiger partial charge on any atom is 0.417 e. The molecule has 0 spiro atoms. The first-order chi connectivity index (χ1) is 15.3. The molecule has 0 radical (unpaired) electrons. The molecule has 5 nitrogen and oxygen atoms in total. The molecule has 3 aromatic rings. The van der Waals surface area contributed by atoms with Crippen LogP contribution in [0.1, 0.15) is 24.0 Å². The highest BCUT2D eigenvalue weighted by molar-refractivity contribution is 5.88. The lowest BCUT2D eigenvalue weighted by atomic mass is 9.99. The van der Waals surface area contributed by atoms with Gasteiger partial charge in [0.25, 0.3) is 0 Å². The molecule has 1 atom stereocenters. The van der Waals surface area contributed by atoms with Crippen LogP contribution in [0, 0.1) is 0 Å². The van der Waals surface area contributed by atoms with Gasteiger partial charge >= 0.3 is 6.18 Å². The monoisotopic (exact) mass is 443 g/mol. The van der Waals surface area contributed by atoms with E-state index in [0.29, 0.717) is 38.2 Å². The number of methoxy groups -OCH3 is 1. The SMILES string of the molecule is COc1ccc2ccccc2c1CCC(=O)NC1CCN(c2ccc(C(F)(F)F)cn2)C1. The van der Waals surface area contributed by atoms with Crippen LogP contribution in [0.4, 0.5) is 19.0 Å². The molecule has 168 valence electrons. The minimum absolute atomic E-state index is 0.0628. The molecule has 1 unspecified atom stereocenters. The molecule has 0 aliphatic carbocycles. The number of pyridine rings is 1. The molecular weight excluding hydrogens is 419 g/mol. The van der Waals surface area contributed by atoms with Crippen molar-refractivity contribution >= 4 is 22.5 Å². The molecule has 1 aliphatic heterocycles. The Morgan fingerprint density at radius 2 is 2.00 bits per heavy atom. The van der Waals surface area contributed by atoms with Gasteiger partial charge in [0.05, 0.1) is 12.7 Å². The van der Waals surface area contributed by atoms with E-state index in [2.05, 4.69) is 10.3 Å². The van der Waals surface area contributed by atoms with Crippen LogP contribution in [0.3, 0.4) is 0 Å². The molecule has 32 heavy (non-hydrogen) atoms. The zero-order valence-corrected chi connectivity index (χ0v) is 17.7. The lowest BCUT2D eigenvalue weighted by molar-refractivity contribution is -0.137. The highest BCUT2D eigenvalue weighted by atomic mass is 19.4. The van der Waals surface area contributed by atoms with Gasteiger partial charge in [0.1, 0.15) is 11.6 Å². The number of hydrogen-bond acceptors (Lipinski definition) is 4. The quantitative estimate of drug-likeness (QED) is 0.606. The van der Waals surface area contributed by atoms with E-state index >= 15 is 0 Å². The van der Waals surface area contributed by atoms with E-state index in [-0.39, 0.29) is 11.9 Å². The fraction of sp³-hybridized carbons (Fsp3) is 0.333. The number of fused-ring (bicyclic) bond motifs is 1. The van der Waals surface area contributed by atoms with Crippen LogP contribution in [0.2, 0.25) is 0 Å². The third kappa shape index (κ3) is 4.79. The van der Waals surface area contributed by atoms with Crippen molar-refractivity contribution in [3.05, 3.63) is 65.9 Å². The summed E-state index contributed by atoms with van der Waals surface area (Å²) in [5.74, 6) is 1.18. The average molecular weight is 443 g/mol. The van der Waals surface area contributed by atoms with Gasteiger partial charge < -0.3 is 15.0 Å². The number of carbonyl (C=O) groups excluding carboxylic acids is 1. The summed E-state index contributed by atoms with van der Waals surface area (Å²) in [4.78, 5) is 18.4. The Balaban J connectivity index is 1.34. The van der Waals surface area contributed by atoms with Crippen molar-refractivity contribution in [2.24, 2.45) is 0 Å². The maximum absolute atomic E-state index is 12.7. The first kappa shape index (κ1) is 21.9. The summed E-state index contributed by atoms with van der Waals surface area (Å²) >= 11 is 0. The van der Waals surface area contributed by atoms with Crippen molar-refractivity contribution in [2.45, 2.75) is 31.5 Å². The predicted molar refractivity (Wildman–Crippen MR) is 117 cm³/mol. The predicted octanol–water partition coefficient (Wildman–Crippen LogP) is 4.59. The summed E-state index contributed by atoms with van der Waals surface area (Å²) in [6.45, 7) is 1.14. The fourth-order valence-electron chi connectivity index (χ4n) is 4.13. The Morgan fingerprint density at radius 1 is 1.19 bits per heavy atom. The second kappa shape index (κ2) is 9.06. The van der Waals surface area contributed by atoms with Crippen molar-refractivity contribution in [1.82, 2.24) is 10.3 Å². The Labute approximate surface area is 184 Å². The largest absolute Gasteiger partial charge is 0.496 e. The number of aryl methyl sites for hydroxylation is 1. The Morgan fingerprint density at radius 3 is 2.72 bits per heavy atom. The molecule has 0 bridgehead atoms. The van der Waals surface area contributed by atoms with Crippen LogP contribution in [0.25, 0.3) is 10.8 Å². The van der Waals surface area contributed by atoms with Crippen LogP contribution >= 0.6 is 0 Å². The van der Waals surface area contributed by atoms with Gasteiger partial charge in [-0.2, -0.15) is 13.2 Å². The molecular formula is C24H24F3N3O2. The van der Waals surface area contributed by atoms with Crippen molar-refractivity contribution in [2.75, 3.05) is 25.1 Å². The average Bonchev–Trinajstić information content (AvgIpc) is 3.25. The first-order valence-electron chi connectivity index (χ1n) is 10.5. The number of ether oxygens (including phenoxy) is 1. The number of nitrogens with one attached hydrogen (secondary N) is 1. The summed E-state index contributed by atoms with van der Waals surface area (Å²) in [5.41, 5.74) is 0.233. The Kier molecular flexibility index (Phi) is 6.21. The highest BCUT2D eigenvalue weighted by Crippen LogP contribution is 2.30. The van der Waals surface area contributed by atoms with Gasteiger partial charge in [-0.05, 0) is 41.8 Å². The molecule has 1 aliphatic rings. The summed E-state index contributed by atoms with van der Waals surface area (Å²) in [6, 6.07) is 14.3. The van der Waals surface area contributed by atoms with Crippen molar-refractivity contribution < 1.29 is 22.7 Å². The standard InChI is InChI=1S/C24H24F3N3O2/c1-32-21-9-6-16-4-2-3-5-19(16)20(21)8-11-23(31)29-18-12-13-30(15-18)22-10-7-17(14-28-22)24(25,26)27/h2-7,9-10,14,18H,8,11-13,15H2,1H3,(H,29,31). The van der Waals surface area contributed by atoms with E-state index in [9.17, 15) is 18.0 Å². The minimum atomic E-state index is -4.40. The Hall–Kier alpha value is -3.29. The number of aromatic nitrogens is 1. The summed E-state index contributed by atoms with van der Waals surface area (Å²) in [7, 11) is 1.62. The van der Waals surface area contributed by atoms with Gasteiger partial charge in [-0.1, -0.05) is 30.3 Å². The molecule has 1 N–H and O–H groups in total. The zero-order valence-electron chi connectivity index (χ0n) is 17.7. The Bertz CT molecular complexity index is 1100. The van der Waals surface area contributed by atoms with E-state index in [1.54, 1.807) is 7.11 Å². The highest BCUT2D eigenvalue weighted by Gasteiger charge is 2.31. The van der Waals surface area contributed by atoms with E-state index in [4.69, 9.17) is 4.74 Å². The molecule has 1 saturated heterocycles. The lowest BCUT2D eigenvalue weighted by Gasteiger charge is -2.19. The van der Waals surface area contributed by atoms with Gasteiger partial charge in [-0.3, -0.25) is 4.79 Å². The van der Waals surface area contributed by atoms with Crippen molar-refractivity contribution in [3.8, 4) is 5.75 Å². The number of alkyl halides is 3. The van der Waals surface area contributed by atoms with E-state index < -0.39 is 11.7 Å². The van der Waals surface area contributed by atoms with Gasteiger partial charge in [-0.15, -0.1) is 0 Å². The second-order valence-corrected chi connectivity index (χ2v) is 7.87. The molecule has 0 saturated carbocycles. The van der Waals surface area contributed by atoms with Crippen LogP contribution in [0.15, 0.2) is 54.7 Å². The fourth-order valence-corrected chi connectivity index (χ4v) is 4.13. The molecule has 1 amide bonds. The van der Waals surface area contributed by atoms with Gasteiger partial charge in [0, 0.05) is 37.3 Å². The van der Waals surface area contributed by atoms with E-state index in [0.717, 1.165) is 34.3 Å². The number of halogens is 3. The zero-order chi connectivity index (χ0) is 22.7. The number of amides is 1. The number of anilines is 1. The summed E-state index contributed by atoms with van der Waals surface area (Å²) < 4.78 is 43.7.